The Morgan fingerprint density at radius 1 is 0.923 bits per heavy atom. The Morgan fingerprint density at radius 2 is 1.54 bits per heavy atom. The predicted molar refractivity (Wildman–Crippen MR) is 108 cm³/mol. The van der Waals surface area contributed by atoms with Gasteiger partial charge in [-0.2, -0.15) is 0 Å². The zero-order chi connectivity index (χ0) is 18.7. The number of ether oxygens (including phenoxy) is 2. The molecular weight excluding hydrogens is 326 g/mol. The summed E-state index contributed by atoms with van der Waals surface area (Å²) in [5.74, 6) is 0.667. The van der Waals surface area contributed by atoms with E-state index in [9.17, 15) is 5.11 Å². The fourth-order valence-electron chi connectivity index (χ4n) is 2.99. The molecule has 0 aliphatic carbocycles. The van der Waals surface area contributed by atoms with Crippen molar-refractivity contribution in [3.05, 3.63) is 24.5 Å². The molecule has 1 heterocycles. The molecule has 1 aromatic rings. The molecule has 0 bridgehead atoms. The Bertz CT molecular complexity index is 400. The number of aliphatic hydroxyl groups is 1. The van der Waals surface area contributed by atoms with Gasteiger partial charge in [0, 0.05) is 12.8 Å². The molecule has 1 rings (SSSR count). The van der Waals surface area contributed by atoms with Crippen molar-refractivity contribution in [1.82, 2.24) is 4.98 Å². The third-order valence-electron chi connectivity index (χ3n) is 4.59. The molecule has 26 heavy (non-hydrogen) atoms. The molecule has 0 amide bonds. The van der Waals surface area contributed by atoms with Gasteiger partial charge in [0.15, 0.2) is 0 Å². The number of aliphatic hydroxyl groups excluding tert-OH is 1. The molecule has 0 aliphatic heterocycles. The lowest BCUT2D eigenvalue weighted by Crippen LogP contribution is -2.27. The van der Waals surface area contributed by atoms with Crippen LogP contribution in [0.5, 0.6) is 5.75 Å². The van der Waals surface area contributed by atoms with Gasteiger partial charge in [0.25, 0.3) is 0 Å². The topological polar surface area (TPSA) is 51.6 Å². The number of hydrogen-bond acceptors (Lipinski definition) is 4. The van der Waals surface area contributed by atoms with Crippen LogP contribution in [0.4, 0.5) is 0 Å². The first-order chi connectivity index (χ1) is 12.9. The molecule has 1 aromatic heterocycles. The van der Waals surface area contributed by atoms with Crippen molar-refractivity contribution in [2.45, 2.75) is 90.1 Å². The molecule has 4 nitrogen and oxygen atoms in total. The highest BCUT2D eigenvalue weighted by atomic mass is 16.5. The van der Waals surface area contributed by atoms with Gasteiger partial charge < -0.3 is 14.6 Å². The van der Waals surface area contributed by atoms with E-state index in [4.69, 9.17) is 9.47 Å². The summed E-state index contributed by atoms with van der Waals surface area (Å²) < 4.78 is 11.3. The lowest BCUT2D eigenvalue weighted by molar-refractivity contribution is 0.0187. The van der Waals surface area contributed by atoms with Crippen LogP contribution in [-0.4, -0.2) is 36.0 Å². The maximum absolute atomic E-state index is 9.37. The van der Waals surface area contributed by atoms with Gasteiger partial charge in [-0.1, -0.05) is 77.6 Å². The van der Waals surface area contributed by atoms with E-state index in [1.807, 2.05) is 12.1 Å². The summed E-state index contributed by atoms with van der Waals surface area (Å²) >= 11 is 0. The Labute approximate surface area is 160 Å². The Morgan fingerprint density at radius 3 is 2.08 bits per heavy atom. The molecule has 0 radical (unpaired) electrons. The van der Waals surface area contributed by atoms with Crippen LogP contribution in [0.15, 0.2) is 24.5 Å². The molecule has 0 spiro atoms. The summed E-state index contributed by atoms with van der Waals surface area (Å²) in [5.41, 5.74) is 0. The minimum Gasteiger partial charge on any atom is -0.484 e. The third-order valence-corrected chi connectivity index (χ3v) is 4.59. The highest BCUT2D eigenvalue weighted by Crippen LogP contribution is 2.12. The SMILES string of the molecule is CCCCCCCCCCCCCCOC[C@H](CO)Oc1cccnc1. The van der Waals surface area contributed by atoms with Crippen molar-refractivity contribution < 1.29 is 14.6 Å². The third kappa shape index (κ3) is 13.1. The largest absolute Gasteiger partial charge is 0.484 e. The highest BCUT2D eigenvalue weighted by molar-refractivity contribution is 5.15. The van der Waals surface area contributed by atoms with E-state index in [2.05, 4.69) is 11.9 Å². The number of pyridine rings is 1. The first kappa shape index (κ1) is 22.9. The van der Waals surface area contributed by atoms with Crippen LogP contribution in [0.3, 0.4) is 0 Å². The van der Waals surface area contributed by atoms with Gasteiger partial charge in [-0.05, 0) is 18.6 Å². The van der Waals surface area contributed by atoms with E-state index < -0.39 is 0 Å². The van der Waals surface area contributed by atoms with Gasteiger partial charge in [-0.15, -0.1) is 0 Å². The Balaban J connectivity index is 1.85. The zero-order valence-corrected chi connectivity index (χ0v) is 16.7. The van der Waals surface area contributed by atoms with E-state index >= 15 is 0 Å². The van der Waals surface area contributed by atoms with Crippen molar-refractivity contribution in [3.63, 3.8) is 0 Å². The first-order valence-corrected chi connectivity index (χ1v) is 10.6. The molecular formula is C22H39NO3. The second-order valence-corrected chi connectivity index (χ2v) is 7.08. The molecule has 0 saturated carbocycles. The van der Waals surface area contributed by atoms with Crippen LogP contribution in [-0.2, 0) is 4.74 Å². The second kappa shape index (κ2) is 17.3. The maximum Gasteiger partial charge on any atom is 0.145 e. The molecule has 0 fully saturated rings. The van der Waals surface area contributed by atoms with Gasteiger partial charge in [0.2, 0.25) is 0 Å². The number of nitrogens with zero attached hydrogens (tertiary/aromatic N) is 1. The number of rotatable bonds is 18. The summed E-state index contributed by atoms with van der Waals surface area (Å²) in [7, 11) is 0. The molecule has 1 N–H and O–H groups in total. The van der Waals surface area contributed by atoms with Gasteiger partial charge in [0.05, 0.1) is 19.4 Å². The lowest BCUT2D eigenvalue weighted by Gasteiger charge is -2.16. The van der Waals surface area contributed by atoms with Crippen LogP contribution in [0.1, 0.15) is 84.0 Å². The second-order valence-electron chi connectivity index (χ2n) is 7.08. The number of unbranched alkanes of at least 4 members (excludes halogenated alkanes) is 11. The average Bonchev–Trinajstić information content (AvgIpc) is 2.68. The average molecular weight is 366 g/mol. The molecule has 0 aromatic carbocycles. The lowest BCUT2D eigenvalue weighted by atomic mass is 10.1. The van der Waals surface area contributed by atoms with Gasteiger partial charge in [-0.3, -0.25) is 4.98 Å². The van der Waals surface area contributed by atoms with Crippen LogP contribution >= 0.6 is 0 Å². The van der Waals surface area contributed by atoms with Crippen molar-refractivity contribution >= 4 is 0 Å². The summed E-state index contributed by atoms with van der Waals surface area (Å²) in [6.07, 6.45) is 19.2. The minimum absolute atomic E-state index is 0.0483. The fraction of sp³-hybridized carbons (Fsp3) is 0.773. The van der Waals surface area contributed by atoms with E-state index in [-0.39, 0.29) is 12.7 Å². The van der Waals surface area contributed by atoms with Gasteiger partial charge in [-0.25, -0.2) is 0 Å². The van der Waals surface area contributed by atoms with Crippen LogP contribution in [0.25, 0.3) is 0 Å². The van der Waals surface area contributed by atoms with Crippen LogP contribution in [0.2, 0.25) is 0 Å². The van der Waals surface area contributed by atoms with Crippen molar-refractivity contribution in [1.29, 1.82) is 0 Å². The normalized spacial score (nSPS) is 12.2. The number of hydrogen-bond donors (Lipinski definition) is 1. The molecule has 4 heteroatoms. The highest BCUT2D eigenvalue weighted by Gasteiger charge is 2.09. The van der Waals surface area contributed by atoms with E-state index in [0.717, 1.165) is 13.0 Å². The van der Waals surface area contributed by atoms with Gasteiger partial charge >= 0.3 is 0 Å². The van der Waals surface area contributed by atoms with Crippen LogP contribution in [0, 0.1) is 0 Å². The zero-order valence-electron chi connectivity index (χ0n) is 16.7. The molecule has 0 saturated heterocycles. The van der Waals surface area contributed by atoms with Crippen LogP contribution < -0.4 is 4.74 Å². The molecule has 0 unspecified atom stereocenters. The molecule has 0 aliphatic rings. The van der Waals surface area contributed by atoms with E-state index in [0.29, 0.717) is 12.4 Å². The summed E-state index contributed by atoms with van der Waals surface area (Å²) in [4.78, 5) is 4.00. The fourth-order valence-corrected chi connectivity index (χ4v) is 2.99. The summed E-state index contributed by atoms with van der Waals surface area (Å²) in [5, 5.41) is 9.37. The molecule has 150 valence electrons. The number of aromatic nitrogens is 1. The predicted octanol–water partition coefficient (Wildman–Crippen LogP) is 5.54. The minimum atomic E-state index is -0.323. The summed E-state index contributed by atoms with van der Waals surface area (Å²) in [6, 6.07) is 3.65. The van der Waals surface area contributed by atoms with Crippen molar-refractivity contribution in [2.75, 3.05) is 19.8 Å². The van der Waals surface area contributed by atoms with Crippen molar-refractivity contribution in [3.8, 4) is 5.75 Å². The van der Waals surface area contributed by atoms with E-state index in [1.54, 1.807) is 12.4 Å². The quantitative estimate of drug-likeness (QED) is 0.347. The standard InChI is InChI=1S/C22H39NO3/c1-2-3-4-5-6-7-8-9-10-11-12-13-17-25-20-22(19-24)26-21-15-14-16-23-18-21/h14-16,18,22,24H,2-13,17,19-20H2,1H3/t22-/m0/s1. The Hall–Kier alpha value is -1.13. The van der Waals surface area contributed by atoms with Gasteiger partial charge in [0.1, 0.15) is 11.9 Å². The summed E-state index contributed by atoms with van der Waals surface area (Å²) in [6.45, 7) is 3.38. The maximum atomic E-state index is 9.37. The Kier molecular flexibility index (Phi) is 15.2. The smallest absolute Gasteiger partial charge is 0.145 e. The molecule has 1 atom stereocenters. The first-order valence-electron chi connectivity index (χ1n) is 10.6. The van der Waals surface area contributed by atoms with E-state index in [1.165, 1.54) is 70.6 Å². The van der Waals surface area contributed by atoms with Crippen molar-refractivity contribution in [2.24, 2.45) is 0 Å². The monoisotopic (exact) mass is 365 g/mol.